The van der Waals surface area contributed by atoms with Crippen molar-refractivity contribution in [3.63, 3.8) is 0 Å². The summed E-state index contributed by atoms with van der Waals surface area (Å²) in [6, 6.07) is 8.28. The fourth-order valence-corrected chi connectivity index (χ4v) is 7.69. The van der Waals surface area contributed by atoms with E-state index in [0.29, 0.717) is 12.0 Å². The number of aliphatic hydroxyl groups excluding tert-OH is 2. The van der Waals surface area contributed by atoms with E-state index in [1.54, 1.807) is 44.2 Å². The number of benzene rings is 1. The lowest BCUT2D eigenvalue weighted by molar-refractivity contribution is -0.345. The molecular formula is C29H36O9. The molecule has 3 fully saturated rings. The zero-order chi connectivity index (χ0) is 27.8. The highest BCUT2D eigenvalue weighted by atomic mass is 16.6. The maximum absolute atomic E-state index is 14.3. The highest BCUT2D eigenvalue weighted by Gasteiger charge is 2.77. The molecule has 8 atom stereocenters. The molecule has 0 amide bonds. The molecule has 1 saturated heterocycles. The minimum atomic E-state index is -1.79. The van der Waals surface area contributed by atoms with E-state index in [0.717, 1.165) is 5.57 Å². The van der Waals surface area contributed by atoms with Crippen LogP contribution >= 0.6 is 0 Å². The van der Waals surface area contributed by atoms with Gasteiger partial charge in [-0.2, -0.15) is 0 Å². The van der Waals surface area contributed by atoms with Crippen LogP contribution < -0.4 is 0 Å². The molecule has 1 unspecified atom stereocenters. The third-order valence-corrected chi connectivity index (χ3v) is 9.86. The van der Waals surface area contributed by atoms with E-state index in [4.69, 9.17) is 14.2 Å². The molecule has 1 aliphatic heterocycles. The van der Waals surface area contributed by atoms with Crippen LogP contribution in [0.4, 0.5) is 0 Å². The number of ether oxygens (including phenoxy) is 3. The quantitative estimate of drug-likeness (QED) is 0.398. The van der Waals surface area contributed by atoms with E-state index in [9.17, 15) is 29.7 Å². The van der Waals surface area contributed by atoms with Gasteiger partial charge >= 0.3 is 11.9 Å². The van der Waals surface area contributed by atoms with E-state index >= 15 is 0 Å². The Hall–Kier alpha value is -2.59. The Morgan fingerprint density at radius 3 is 2.34 bits per heavy atom. The van der Waals surface area contributed by atoms with Gasteiger partial charge in [-0.1, -0.05) is 37.6 Å². The maximum Gasteiger partial charge on any atom is 0.338 e. The first-order valence-electron chi connectivity index (χ1n) is 13.1. The lowest BCUT2D eigenvalue weighted by atomic mass is 9.45. The molecule has 4 aliphatic rings. The van der Waals surface area contributed by atoms with Crippen LogP contribution in [0.1, 0.15) is 64.2 Å². The fourth-order valence-electron chi connectivity index (χ4n) is 7.69. The molecule has 0 spiro atoms. The number of hydrogen-bond donors (Lipinski definition) is 3. The first kappa shape index (κ1) is 27.0. The van der Waals surface area contributed by atoms with Gasteiger partial charge in [-0.15, -0.1) is 0 Å². The van der Waals surface area contributed by atoms with Crippen molar-refractivity contribution in [2.75, 3.05) is 6.61 Å². The summed E-state index contributed by atoms with van der Waals surface area (Å²) in [5, 5.41) is 35.6. The number of carbonyl (C=O) groups excluding carboxylic acids is 3. The topological polar surface area (TPSA) is 140 Å². The summed E-state index contributed by atoms with van der Waals surface area (Å²) in [6.45, 7) is 7.89. The number of aliphatic hydroxyl groups is 3. The standard InChI is InChI=1S/C29H36O9/c1-15-11-12-29(35)24(37-25(34)17-9-7-6-8-10-17)22-27(5,23(33)21(32)20(15)26(29,3)4)18(31)13-19-28(22,14-36-19)38-16(2)30/h6-10,18-19,21-22,24,31-32,35H,11-14H2,1-5H3/t18-,19+,21+,22?,24-,27+,28-,29+/m0/s1. The highest BCUT2D eigenvalue weighted by molar-refractivity contribution is 5.94. The number of allylic oxidation sites excluding steroid dienone is 1. The molecule has 1 aromatic carbocycles. The fraction of sp³-hybridized carbons (Fsp3) is 0.621. The van der Waals surface area contributed by atoms with Crippen LogP contribution in [0.3, 0.4) is 0 Å². The van der Waals surface area contributed by atoms with Gasteiger partial charge in [0.15, 0.2) is 11.4 Å². The van der Waals surface area contributed by atoms with Crippen molar-refractivity contribution in [1.29, 1.82) is 0 Å². The number of hydrogen-bond acceptors (Lipinski definition) is 9. The summed E-state index contributed by atoms with van der Waals surface area (Å²) < 4.78 is 17.8. The van der Waals surface area contributed by atoms with Crippen molar-refractivity contribution >= 4 is 17.7 Å². The largest absolute Gasteiger partial charge is 0.455 e. The Labute approximate surface area is 221 Å². The zero-order valence-electron chi connectivity index (χ0n) is 22.4. The molecule has 3 N–H and O–H groups in total. The average Bonchev–Trinajstić information content (AvgIpc) is 2.85. The second-order valence-corrected chi connectivity index (χ2v) is 12.1. The van der Waals surface area contributed by atoms with E-state index in [-0.39, 0.29) is 25.0 Å². The second kappa shape index (κ2) is 8.71. The Morgan fingerprint density at radius 1 is 1.11 bits per heavy atom. The predicted molar refractivity (Wildman–Crippen MR) is 134 cm³/mol. The number of Topliss-reactive ketones (excluding diaryl/α,β-unsaturated/α-hetero) is 1. The molecule has 3 aliphatic carbocycles. The van der Waals surface area contributed by atoms with Crippen molar-refractivity contribution in [2.45, 2.75) is 89.5 Å². The molecule has 1 heterocycles. The van der Waals surface area contributed by atoms with Gasteiger partial charge in [-0.05, 0) is 44.4 Å². The summed E-state index contributed by atoms with van der Waals surface area (Å²) in [7, 11) is 0. The Kier molecular flexibility index (Phi) is 6.19. The van der Waals surface area contributed by atoms with E-state index in [1.165, 1.54) is 13.8 Å². The van der Waals surface area contributed by atoms with Crippen LogP contribution in [-0.4, -0.2) is 75.3 Å². The van der Waals surface area contributed by atoms with Gasteiger partial charge < -0.3 is 29.5 Å². The highest BCUT2D eigenvalue weighted by Crippen LogP contribution is 2.63. The molecule has 2 bridgehead atoms. The van der Waals surface area contributed by atoms with Gasteiger partial charge in [0.2, 0.25) is 0 Å². The Balaban J connectivity index is 1.79. The Morgan fingerprint density at radius 2 is 1.76 bits per heavy atom. The first-order valence-corrected chi connectivity index (χ1v) is 13.1. The molecule has 0 radical (unpaired) electrons. The smallest absolute Gasteiger partial charge is 0.338 e. The van der Waals surface area contributed by atoms with Crippen LogP contribution in [0.2, 0.25) is 0 Å². The summed E-state index contributed by atoms with van der Waals surface area (Å²) in [4.78, 5) is 40.2. The van der Waals surface area contributed by atoms with Gasteiger partial charge in [0, 0.05) is 18.8 Å². The monoisotopic (exact) mass is 528 g/mol. The number of fused-ring (bicyclic) bond motifs is 5. The lowest BCUT2D eigenvalue weighted by Crippen LogP contribution is -2.81. The predicted octanol–water partition coefficient (Wildman–Crippen LogP) is 2.11. The average molecular weight is 529 g/mol. The van der Waals surface area contributed by atoms with Crippen molar-refractivity contribution in [3.8, 4) is 0 Å². The number of rotatable bonds is 3. The van der Waals surface area contributed by atoms with Crippen LogP contribution in [0.5, 0.6) is 0 Å². The van der Waals surface area contributed by atoms with Gasteiger partial charge in [0.05, 0.1) is 29.6 Å². The summed E-state index contributed by atoms with van der Waals surface area (Å²) >= 11 is 0. The van der Waals surface area contributed by atoms with E-state index in [2.05, 4.69) is 0 Å². The summed E-state index contributed by atoms with van der Waals surface area (Å²) in [5.74, 6) is -3.23. The minimum absolute atomic E-state index is 0.0298. The maximum atomic E-state index is 14.3. The number of carbonyl (C=O) groups is 3. The van der Waals surface area contributed by atoms with Crippen LogP contribution in [0.25, 0.3) is 0 Å². The number of esters is 2. The molecular weight excluding hydrogens is 492 g/mol. The van der Waals surface area contributed by atoms with Gasteiger partial charge in [-0.3, -0.25) is 9.59 Å². The van der Waals surface area contributed by atoms with Gasteiger partial charge in [0.1, 0.15) is 23.9 Å². The van der Waals surface area contributed by atoms with Crippen LogP contribution in [0, 0.1) is 16.7 Å². The van der Waals surface area contributed by atoms with Gasteiger partial charge in [0.25, 0.3) is 0 Å². The van der Waals surface area contributed by atoms with E-state index in [1.807, 2.05) is 6.92 Å². The SMILES string of the molecule is CC(=O)O[C@@]12CO[C@@H]1C[C@H](O)[C@@]1(C)C(=O)[C@H](O)C3=C(C)CC[C@@](O)([C@@H](OC(=O)c4ccccc4)C12)C3(C)C. The van der Waals surface area contributed by atoms with E-state index < -0.39 is 70.1 Å². The van der Waals surface area contributed by atoms with Crippen molar-refractivity contribution in [3.05, 3.63) is 47.0 Å². The van der Waals surface area contributed by atoms with Crippen molar-refractivity contribution in [1.82, 2.24) is 0 Å². The first-order chi connectivity index (χ1) is 17.7. The van der Waals surface area contributed by atoms with Gasteiger partial charge in [-0.25, -0.2) is 4.79 Å². The zero-order valence-corrected chi connectivity index (χ0v) is 22.4. The van der Waals surface area contributed by atoms with Crippen molar-refractivity contribution < 1.29 is 43.9 Å². The summed E-state index contributed by atoms with van der Waals surface area (Å²) in [6.07, 6.45) is -4.63. The normalized spacial score (nSPS) is 41.6. The molecule has 2 saturated carbocycles. The second-order valence-electron chi connectivity index (χ2n) is 12.1. The third-order valence-electron chi connectivity index (χ3n) is 9.86. The number of ketones is 1. The molecule has 206 valence electrons. The minimum Gasteiger partial charge on any atom is -0.455 e. The molecule has 9 nitrogen and oxygen atoms in total. The lowest BCUT2D eigenvalue weighted by Gasteiger charge is -2.67. The summed E-state index contributed by atoms with van der Waals surface area (Å²) in [5.41, 5.74) is -4.85. The molecule has 5 rings (SSSR count). The van der Waals surface area contributed by atoms with Crippen LogP contribution in [-0.2, 0) is 23.8 Å². The van der Waals surface area contributed by atoms with Crippen LogP contribution in [0.15, 0.2) is 41.5 Å². The molecule has 0 aromatic heterocycles. The molecule has 1 aromatic rings. The van der Waals surface area contributed by atoms with Crippen molar-refractivity contribution in [2.24, 2.45) is 16.7 Å². The molecule has 9 heteroatoms. The third kappa shape index (κ3) is 3.41. The molecule has 38 heavy (non-hydrogen) atoms. The Bertz CT molecular complexity index is 1210.